The van der Waals surface area contributed by atoms with Gasteiger partial charge < -0.3 is 5.11 Å². The fourth-order valence-corrected chi connectivity index (χ4v) is 4.86. The number of hydrogen-bond donors (Lipinski definition) is 1. The lowest BCUT2D eigenvalue weighted by molar-refractivity contribution is 0.0768. The molecule has 3 aromatic carbocycles. The van der Waals surface area contributed by atoms with E-state index in [1.54, 1.807) is 72.8 Å². The van der Waals surface area contributed by atoms with E-state index in [0.717, 1.165) is 5.56 Å². The average molecular weight is 394 g/mol. The Morgan fingerprint density at radius 1 is 0.857 bits per heavy atom. The maximum absolute atomic E-state index is 13.4. The second-order valence-corrected chi connectivity index (χ2v) is 8.98. The van der Waals surface area contributed by atoms with E-state index in [-0.39, 0.29) is 4.90 Å². The summed E-state index contributed by atoms with van der Waals surface area (Å²) in [6, 6.07) is 23.2. The molecule has 0 spiro atoms. The molecule has 0 aliphatic rings. The zero-order chi connectivity index (χ0) is 20.4. The zero-order valence-electron chi connectivity index (χ0n) is 15.7. The molecule has 5 heteroatoms. The van der Waals surface area contributed by atoms with E-state index in [1.165, 1.54) is 19.1 Å². The van der Waals surface area contributed by atoms with Gasteiger partial charge in [0.2, 0.25) is 9.84 Å². The van der Waals surface area contributed by atoms with Gasteiger partial charge in [0.1, 0.15) is 0 Å². The number of carbonyl (C=O) groups is 1. The van der Waals surface area contributed by atoms with Crippen molar-refractivity contribution in [3.63, 3.8) is 0 Å². The van der Waals surface area contributed by atoms with Gasteiger partial charge in [0.15, 0.2) is 11.2 Å². The standard InChI is InChI=1S/C23H22O4S/c1-17-13-15-20(16-14-17)28(26,27)22(25)23(2,19-11-7-4-8-12-19)21(24)18-9-5-3-6-10-18/h3-16,22,25H,1-2H3. The number of aryl methyl sites for hydroxylation is 1. The molecule has 0 amide bonds. The summed E-state index contributed by atoms with van der Waals surface area (Å²) in [6.45, 7) is 3.33. The Hall–Kier alpha value is -2.76. The molecule has 0 aliphatic heterocycles. The number of ketones is 1. The number of Topliss-reactive ketones (excluding diaryl/α,β-unsaturated/α-hetero) is 1. The molecule has 0 fully saturated rings. The number of benzene rings is 3. The molecule has 28 heavy (non-hydrogen) atoms. The molecule has 144 valence electrons. The Labute approximate surface area is 165 Å². The van der Waals surface area contributed by atoms with Crippen LogP contribution in [0.1, 0.15) is 28.4 Å². The van der Waals surface area contributed by atoms with Crippen LogP contribution in [-0.4, -0.2) is 24.7 Å². The smallest absolute Gasteiger partial charge is 0.206 e. The third kappa shape index (κ3) is 3.51. The molecular weight excluding hydrogens is 372 g/mol. The van der Waals surface area contributed by atoms with Gasteiger partial charge in [-0.3, -0.25) is 4.79 Å². The number of aliphatic hydroxyl groups excluding tert-OH is 1. The first-order valence-electron chi connectivity index (χ1n) is 8.92. The molecule has 1 N–H and O–H groups in total. The lowest BCUT2D eigenvalue weighted by Crippen LogP contribution is -2.48. The monoisotopic (exact) mass is 394 g/mol. The minimum absolute atomic E-state index is 0.0198. The molecule has 2 atom stereocenters. The van der Waals surface area contributed by atoms with Crippen LogP contribution < -0.4 is 0 Å². The van der Waals surface area contributed by atoms with Crippen molar-refractivity contribution in [1.82, 2.24) is 0 Å². The summed E-state index contributed by atoms with van der Waals surface area (Å²) in [7, 11) is -4.18. The Bertz CT molecular complexity index is 1060. The molecule has 0 radical (unpaired) electrons. The predicted octanol–water partition coefficient (Wildman–Crippen LogP) is 3.93. The zero-order valence-corrected chi connectivity index (χ0v) is 16.6. The summed E-state index contributed by atoms with van der Waals surface area (Å²) < 4.78 is 26.4. The Morgan fingerprint density at radius 3 is 1.89 bits per heavy atom. The van der Waals surface area contributed by atoms with Crippen LogP contribution in [-0.2, 0) is 15.3 Å². The van der Waals surface area contributed by atoms with Gasteiger partial charge in [-0.25, -0.2) is 8.42 Å². The van der Waals surface area contributed by atoms with Crippen molar-refractivity contribution in [2.45, 2.75) is 29.6 Å². The van der Waals surface area contributed by atoms with Gasteiger partial charge >= 0.3 is 0 Å². The van der Waals surface area contributed by atoms with Gasteiger partial charge in [0, 0.05) is 5.56 Å². The van der Waals surface area contributed by atoms with Crippen LogP contribution in [0.3, 0.4) is 0 Å². The molecule has 0 aromatic heterocycles. The SMILES string of the molecule is Cc1ccc(S(=O)(=O)C(O)C(C)(C(=O)c2ccccc2)c2ccccc2)cc1. The molecule has 0 saturated carbocycles. The van der Waals surface area contributed by atoms with E-state index in [9.17, 15) is 18.3 Å². The first-order chi connectivity index (χ1) is 13.3. The molecule has 2 unspecified atom stereocenters. The highest BCUT2D eigenvalue weighted by Crippen LogP contribution is 2.36. The van der Waals surface area contributed by atoms with Crippen LogP contribution >= 0.6 is 0 Å². The Balaban J connectivity index is 2.16. The molecular formula is C23H22O4S. The minimum atomic E-state index is -4.18. The molecule has 0 heterocycles. The largest absolute Gasteiger partial charge is 0.376 e. The number of aliphatic hydroxyl groups is 1. The summed E-state index contributed by atoms with van der Waals surface area (Å²) in [5.41, 5.74) is -1.94. The highest BCUT2D eigenvalue weighted by molar-refractivity contribution is 7.92. The van der Waals surface area contributed by atoms with Crippen LogP contribution in [0.25, 0.3) is 0 Å². The molecule has 3 aromatic rings. The van der Waals surface area contributed by atoms with Crippen LogP contribution in [0, 0.1) is 6.92 Å². The van der Waals surface area contributed by atoms with Crippen molar-refractivity contribution in [3.8, 4) is 0 Å². The lowest BCUT2D eigenvalue weighted by Gasteiger charge is -2.33. The summed E-state index contributed by atoms with van der Waals surface area (Å²) in [6.07, 6.45) is 0. The quantitative estimate of drug-likeness (QED) is 0.643. The predicted molar refractivity (Wildman–Crippen MR) is 109 cm³/mol. The first kappa shape index (κ1) is 20.0. The van der Waals surface area contributed by atoms with E-state index in [1.807, 2.05) is 6.92 Å². The van der Waals surface area contributed by atoms with E-state index >= 15 is 0 Å². The summed E-state index contributed by atoms with van der Waals surface area (Å²) in [5.74, 6) is -0.456. The highest BCUT2D eigenvalue weighted by atomic mass is 32.2. The van der Waals surface area contributed by atoms with Crippen molar-refractivity contribution in [3.05, 3.63) is 102 Å². The minimum Gasteiger partial charge on any atom is -0.376 e. The van der Waals surface area contributed by atoms with Gasteiger partial charge in [-0.1, -0.05) is 78.4 Å². The second-order valence-electron chi connectivity index (χ2n) is 6.97. The van der Waals surface area contributed by atoms with Gasteiger partial charge in [-0.2, -0.15) is 0 Å². The number of carbonyl (C=O) groups excluding carboxylic acids is 1. The molecule has 4 nitrogen and oxygen atoms in total. The summed E-state index contributed by atoms with van der Waals surface area (Å²) in [4.78, 5) is 13.4. The fourth-order valence-electron chi connectivity index (χ4n) is 3.23. The van der Waals surface area contributed by atoms with Crippen molar-refractivity contribution in [2.24, 2.45) is 0 Å². The van der Waals surface area contributed by atoms with Crippen molar-refractivity contribution >= 4 is 15.6 Å². The lowest BCUT2D eigenvalue weighted by atomic mass is 9.76. The Morgan fingerprint density at radius 2 is 1.36 bits per heavy atom. The van der Waals surface area contributed by atoms with Gasteiger partial charge in [0.25, 0.3) is 0 Å². The van der Waals surface area contributed by atoms with Crippen molar-refractivity contribution < 1.29 is 18.3 Å². The molecule has 3 rings (SSSR count). The molecule has 0 bridgehead atoms. The Kier molecular flexibility index (Phi) is 5.49. The van der Waals surface area contributed by atoms with Gasteiger partial charge in [-0.15, -0.1) is 0 Å². The maximum atomic E-state index is 13.4. The highest BCUT2D eigenvalue weighted by Gasteiger charge is 2.49. The van der Waals surface area contributed by atoms with E-state index in [4.69, 9.17) is 0 Å². The first-order valence-corrected chi connectivity index (χ1v) is 10.5. The van der Waals surface area contributed by atoms with Crippen LogP contribution in [0.15, 0.2) is 89.8 Å². The van der Waals surface area contributed by atoms with E-state index in [0.29, 0.717) is 11.1 Å². The number of sulfone groups is 1. The van der Waals surface area contributed by atoms with Crippen LogP contribution in [0.5, 0.6) is 0 Å². The van der Waals surface area contributed by atoms with Crippen molar-refractivity contribution in [1.29, 1.82) is 0 Å². The molecule has 0 saturated heterocycles. The summed E-state index contributed by atoms with van der Waals surface area (Å²) in [5, 5.41) is 11.1. The fraction of sp³-hybridized carbons (Fsp3) is 0.174. The van der Waals surface area contributed by atoms with Crippen LogP contribution in [0.2, 0.25) is 0 Å². The maximum Gasteiger partial charge on any atom is 0.206 e. The average Bonchev–Trinajstić information content (AvgIpc) is 2.73. The normalized spacial score (nSPS) is 14.8. The number of hydrogen-bond acceptors (Lipinski definition) is 4. The van der Waals surface area contributed by atoms with E-state index < -0.39 is 26.5 Å². The third-order valence-electron chi connectivity index (χ3n) is 5.02. The van der Waals surface area contributed by atoms with Gasteiger partial charge in [-0.05, 0) is 31.5 Å². The second kappa shape index (κ2) is 7.70. The van der Waals surface area contributed by atoms with E-state index in [2.05, 4.69) is 0 Å². The molecule has 0 aliphatic carbocycles. The van der Waals surface area contributed by atoms with Crippen molar-refractivity contribution in [2.75, 3.05) is 0 Å². The third-order valence-corrected chi connectivity index (χ3v) is 7.01. The number of rotatable bonds is 6. The van der Waals surface area contributed by atoms with Gasteiger partial charge in [0.05, 0.1) is 10.3 Å². The topological polar surface area (TPSA) is 71.4 Å². The van der Waals surface area contributed by atoms with Crippen LogP contribution in [0.4, 0.5) is 0 Å². The summed E-state index contributed by atoms with van der Waals surface area (Å²) >= 11 is 0.